The van der Waals surface area contributed by atoms with Crippen LogP contribution in [0.15, 0.2) is 45.6 Å². The zero-order chi connectivity index (χ0) is 20.4. The highest BCUT2D eigenvalue weighted by molar-refractivity contribution is 5.95. The van der Waals surface area contributed by atoms with E-state index < -0.39 is 11.0 Å². The van der Waals surface area contributed by atoms with Crippen molar-refractivity contribution >= 4 is 5.91 Å². The summed E-state index contributed by atoms with van der Waals surface area (Å²) < 4.78 is 11.0. The smallest absolute Gasteiger partial charge is 0.349 e. The largest absolute Gasteiger partial charge is 0.424 e. The van der Waals surface area contributed by atoms with Gasteiger partial charge in [0.2, 0.25) is 0 Å². The summed E-state index contributed by atoms with van der Waals surface area (Å²) in [5.74, 6) is 0.169. The van der Waals surface area contributed by atoms with E-state index in [1.165, 1.54) is 0 Å². The minimum atomic E-state index is -0.610. The molecular formula is C23H24N2O4. The van der Waals surface area contributed by atoms with Gasteiger partial charge < -0.3 is 14.1 Å². The van der Waals surface area contributed by atoms with Crippen molar-refractivity contribution in [2.24, 2.45) is 0 Å². The first-order chi connectivity index (χ1) is 14.0. The summed E-state index contributed by atoms with van der Waals surface area (Å²) in [4.78, 5) is 27.3. The summed E-state index contributed by atoms with van der Waals surface area (Å²) in [5, 5.41) is 9.83. The quantitative estimate of drug-likeness (QED) is 0.798. The Bertz CT molecular complexity index is 992. The molecule has 0 N–H and O–H groups in total. The van der Waals surface area contributed by atoms with Crippen LogP contribution in [-0.4, -0.2) is 30.5 Å². The summed E-state index contributed by atoms with van der Waals surface area (Å²) in [7, 11) is 0. The van der Waals surface area contributed by atoms with Crippen molar-refractivity contribution in [1.29, 1.82) is 5.26 Å². The molecule has 6 heteroatoms. The molecule has 29 heavy (non-hydrogen) atoms. The number of rotatable bonds is 3. The molecule has 1 aromatic carbocycles. The minimum absolute atomic E-state index is 0.0796. The minimum Gasteiger partial charge on any atom is -0.424 e. The number of benzene rings is 1. The van der Waals surface area contributed by atoms with Gasteiger partial charge in [-0.3, -0.25) is 4.79 Å². The first kappa shape index (κ1) is 19.4. The number of nitrogens with zero attached hydrogens (tertiary/aromatic N) is 2. The Kier molecular flexibility index (Phi) is 5.25. The average molecular weight is 392 g/mol. The van der Waals surface area contributed by atoms with Crippen LogP contribution in [0.4, 0.5) is 0 Å². The number of piperidine rings is 1. The number of ether oxygens (including phenoxy) is 1. The molecule has 2 aliphatic rings. The van der Waals surface area contributed by atoms with E-state index in [9.17, 15) is 14.9 Å². The highest BCUT2D eigenvalue weighted by atomic mass is 16.5. The Labute approximate surface area is 169 Å². The Hall–Kier alpha value is -2.91. The van der Waals surface area contributed by atoms with Crippen LogP contribution in [0.2, 0.25) is 0 Å². The van der Waals surface area contributed by atoms with Crippen LogP contribution in [-0.2, 0) is 10.2 Å². The summed E-state index contributed by atoms with van der Waals surface area (Å²) in [5.41, 5.74) is 0.459. The Balaban J connectivity index is 1.53. The fraction of sp³-hybridized carbons (Fsp3) is 0.435. The lowest BCUT2D eigenvalue weighted by atomic mass is 9.74. The lowest BCUT2D eigenvalue weighted by Crippen LogP contribution is -2.45. The number of aryl methyl sites for hydroxylation is 1. The maximum Gasteiger partial charge on any atom is 0.349 e. The molecule has 1 aromatic heterocycles. The topological polar surface area (TPSA) is 83.5 Å². The van der Waals surface area contributed by atoms with Crippen LogP contribution in [0.5, 0.6) is 0 Å². The lowest BCUT2D eigenvalue weighted by molar-refractivity contribution is 0.0679. The Morgan fingerprint density at radius 1 is 1.24 bits per heavy atom. The molecule has 0 spiro atoms. The van der Waals surface area contributed by atoms with Gasteiger partial charge in [-0.1, -0.05) is 30.3 Å². The van der Waals surface area contributed by atoms with E-state index in [1.54, 1.807) is 17.9 Å². The van der Waals surface area contributed by atoms with Gasteiger partial charge in [-0.05, 0) is 49.8 Å². The molecule has 2 aromatic rings. The van der Waals surface area contributed by atoms with E-state index in [-0.39, 0.29) is 17.6 Å². The van der Waals surface area contributed by atoms with Gasteiger partial charge in [-0.25, -0.2) is 4.79 Å². The van der Waals surface area contributed by atoms with Gasteiger partial charge in [0.05, 0.1) is 11.5 Å². The zero-order valence-electron chi connectivity index (χ0n) is 16.5. The predicted molar refractivity (Wildman–Crippen MR) is 107 cm³/mol. The standard InChI is InChI=1S/C23H24N2O4/c1-16-14-19(18-8-5-13-28-18)29-22(27)20(16)21(26)25-11-9-23(15-24,10-12-25)17-6-3-2-4-7-17/h2-4,6-7,14,18H,5,8-13H2,1H3. The maximum atomic E-state index is 13.1. The molecule has 2 saturated heterocycles. The number of hydrogen-bond acceptors (Lipinski definition) is 5. The highest BCUT2D eigenvalue weighted by Gasteiger charge is 2.38. The van der Waals surface area contributed by atoms with Gasteiger partial charge in [-0.15, -0.1) is 0 Å². The number of carbonyl (C=O) groups is 1. The maximum absolute atomic E-state index is 13.1. The van der Waals surface area contributed by atoms with Crippen LogP contribution in [0.1, 0.15) is 59.0 Å². The van der Waals surface area contributed by atoms with E-state index in [0.717, 1.165) is 18.4 Å². The third kappa shape index (κ3) is 3.58. The van der Waals surface area contributed by atoms with Crippen LogP contribution in [0.25, 0.3) is 0 Å². The zero-order valence-corrected chi connectivity index (χ0v) is 16.5. The van der Waals surface area contributed by atoms with E-state index in [2.05, 4.69) is 6.07 Å². The molecule has 4 rings (SSSR count). The van der Waals surface area contributed by atoms with Crippen LogP contribution in [0, 0.1) is 18.3 Å². The van der Waals surface area contributed by atoms with Gasteiger partial charge in [0.15, 0.2) is 0 Å². The van der Waals surface area contributed by atoms with Crippen LogP contribution in [0.3, 0.4) is 0 Å². The number of likely N-dealkylation sites (tertiary alicyclic amines) is 1. The van der Waals surface area contributed by atoms with Crippen molar-refractivity contribution in [2.45, 2.75) is 44.1 Å². The van der Waals surface area contributed by atoms with E-state index in [1.807, 2.05) is 30.3 Å². The van der Waals surface area contributed by atoms with E-state index >= 15 is 0 Å². The number of amides is 1. The molecule has 6 nitrogen and oxygen atoms in total. The van der Waals surface area contributed by atoms with Crippen molar-refractivity contribution < 1.29 is 13.9 Å². The molecule has 0 aliphatic carbocycles. The molecule has 0 radical (unpaired) electrons. The van der Waals surface area contributed by atoms with Gasteiger partial charge in [0.1, 0.15) is 17.4 Å². The molecule has 0 saturated carbocycles. The third-order valence-corrected chi connectivity index (χ3v) is 6.07. The third-order valence-electron chi connectivity index (χ3n) is 6.07. The van der Waals surface area contributed by atoms with Crippen molar-refractivity contribution in [3.63, 3.8) is 0 Å². The molecule has 150 valence electrons. The lowest BCUT2D eigenvalue weighted by Gasteiger charge is -2.37. The molecule has 2 aliphatic heterocycles. The van der Waals surface area contributed by atoms with Gasteiger partial charge in [-0.2, -0.15) is 5.26 Å². The van der Waals surface area contributed by atoms with Gasteiger partial charge in [0, 0.05) is 19.7 Å². The number of hydrogen-bond donors (Lipinski definition) is 0. The molecular weight excluding hydrogens is 368 g/mol. The van der Waals surface area contributed by atoms with Crippen LogP contribution >= 0.6 is 0 Å². The van der Waals surface area contributed by atoms with Crippen molar-refractivity contribution in [3.8, 4) is 6.07 Å². The first-order valence-corrected chi connectivity index (χ1v) is 10.1. The van der Waals surface area contributed by atoms with Crippen LogP contribution < -0.4 is 5.63 Å². The molecule has 2 fully saturated rings. The van der Waals surface area contributed by atoms with Gasteiger partial charge >= 0.3 is 5.63 Å². The van der Waals surface area contributed by atoms with Crippen molar-refractivity contribution in [3.05, 3.63) is 69.3 Å². The highest BCUT2D eigenvalue weighted by Crippen LogP contribution is 2.35. The average Bonchev–Trinajstić information content (AvgIpc) is 3.29. The monoisotopic (exact) mass is 392 g/mol. The summed E-state index contributed by atoms with van der Waals surface area (Å²) in [6, 6.07) is 13.9. The normalized spacial score (nSPS) is 21.0. The first-order valence-electron chi connectivity index (χ1n) is 10.1. The number of nitriles is 1. The second-order valence-electron chi connectivity index (χ2n) is 7.85. The SMILES string of the molecule is Cc1cc(C2CCCO2)oc(=O)c1C(=O)N1CCC(C#N)(c2ccccc2)CC1. The second-order valence-corrected chi connectivity index (χ2v) is 7.85. The van der Waals surface area contributed by atoms with Gasteiger partial charge in [0.25, 0.3) is 5.91 Å². The summed E-state index contributed by atoms with van der Waals surface area (Å²) >= 11 is 0. The Morgan fingerprint density at radius 3 is 2.55 bits per heavy atom. The number of carbonyl (C=O) groups excluding carboxylic acids is 1. The van der Waals surface area contributed by atoms with E-state index in [4.69, 9.17) is 9.15 Å². The molecule has 3 heterocycles. The summed E-state index contributed by atoms with van der Waals surface area (Å²) in [6.45, 7) is 3.27. The Morgan fingerprint density at radius 2 is 1.97 bits per heavy atom. The summed E-state index contributed by atoms with van der Waals surface area (Å²) in [6.07, 6.45) is 2.62. The second kappa shape index (κ2) is 7.84. The fourth-order valence-corrected chi connectivity index (χ4v) is 4.32. The molecule has 0 bridgehead atoms. The fourth-order valence-electron chi connectivity index (χ4n) is 4.32. The molecule has 1 unspecified atom stereocenters. The van der Waals surface area contributed by atoms with Crippen molar-refractivity contribution in [2.75, 3.05) is 19.7 Å². The van der Waals surface area contributed by atoms with E-state index in [0.29, 0.717) is 43.9 Å². The molecule has 1 atom stereocenters. The van der Waals surface area contributed by atoms with Crippen molar-refractivity contribution in [1.82, 2.24) is 4.90 Å². The predicted octanol–water partition coefficient (Wildman–Crippen LogP) is 3.50. The molecule has 1 amide bonds.